The third-order valence-electron chi connectivity index (χ3n) is 4.56. The van der Waals surface area contributed by atoms with Crippen LogP contribution in [0.3, 0.4) is 0 Å². The fourth-order valence-electron chi connectivity index (χ4n) is 3.46. The number of nitrogens with zero attached hydrogens (tertiary/aromatic N) is 3. The topological polar surface area (TPSA) is 56.1 Å². The maximum atomic E-state index is 13.1. The molecule has 4 rings (SSSR count). The largest absolute Gasteiger partial charge is 0.410 e. The molecule has 1 heterocycles. The van der Waals surface area contributed by atoms with Gasteiger partial charge >= 0.3 is 0 Å². The second-order valence-electron chi connectivity index (χ2n) is 6.18. The van der Waals surface area contributed by atoms with E-state index in [9.17, 15) is 14.4 Å². The smallest absolute Gasteiger partial charge is 0.212 e. The van der Waals surface area contributed by atoms with Crippen molar-refractivity contribution < 1.29 is 14.4 Å². The van der Waals surface area contributed by atoms with E-state index in [0.29, 0.717) is 41.4 Å². The van der Waals surface area contributed by atoms with Crippen LogP contribution in [0.5, 0.6) is 0 Å². The number of oxime groups is 1. The molecule has 1 aliphatic carbocycles. The van der Waals surface area contributed by atoms with Crippen LogP contribution >= 0.6 is 0 Å². The molecule has 126 valence electrons. The molecule has 5 nitrogen and oxygen atoms in total. The zero-order valence-electron chi connectivity index (χ0n) is 13.6. The molecule has 2 aliphatic rings. The summed E-state index contributed by atoms with van der Waals surface area (Å²) in [7, 11) is 1.85. The minimum absolute atomic E-state index is 0.0931. The third-order valence-corrected chi connectivity index (χ3v) is 4.56. The lowest BCUT2D eigenvalue weighted by Gasteiger charge is -2.23. The van der Waals surface area contributed by atoms with Crippen LogP contribution in [-0.2, 0) is 6.54 Å². The summed E-state index contributed by atoms with van der Waals surface area (Å²) in [6, 6.07) is 13.3. The molecule has 2 aromatic carbocycles. The number of halogens is 1. The first kappa shape index (κ1) is 15.4. The quantitative estimate of drug-likeness (QED) is 0.676. The highest BCUT2D eigenvalue weighted by Gasteiger charge is 2.40. The first-order chi connectivity index (χ1) is 12.1. The highest BCUT2D eigenvalue weighted by Crippen LogP contribution is 2.35. The van der Waals surface area contributed by atoms with Crippen molar-refractivity contribution in [1.82, 2.24) is 9.80 Å². The molecule has 1 N–H and O–H groups in total. The zero-order chi connectivity index (χ0) is 17.6. The maximum absolute atomic E-state index is 13.1. The van der Waals surface area contributed by atoms with Crippen LogP contribution in [0.2, 0.25) is 0 Å². The van der Waals surface area contributed by atoms with E-state index in [1.165, 1.54) is 12.1 Å². The second kappa shape index (κ2) is 5.73. The molecule has 0 radical (unpaired) electrons. The van der Waals surface area contributed by atoms with Crippen LogP contribution in [0.15, 0.2) is 65.1 Å². The number of carbonyl (C=O) groups excluding carboxylic acids is 1. The van der Waals surface area contributed by atoms with Gasteiger partial charge in [-0.25, -0.2) is 4.39 Å². The average molecular weight is 337 g/mol. The third kappa shape index (κ3) is 2.38. The molecule has 0 unspecified atom stereocenters. The van der Waals surface area contributed by atoms with Crippen molar-refractivity contribution in [2.24, 2.45) is 5.16 Å². The van der Waals surface area contributed by atoms with E-state index in [4.69, 9.17) is 0 Å². The fraction of sp³-hybridized carbons (Fsp3) is 0.158. The van der Waals surface area contributed by atoms with E-state index >= 15 is 0 Å². The molecule has 1 aliphatic heterocycles. The summed E-state index contributed by atoms with van der Waals surface area (Å²) in [5.74, 6) is -0.385. The highest BCUT2D eigenvalue weighted by atomic mass is 19.1. The Morgan fingerprint density at radius 3 is 2.44 bits per heavy atom. The number of Topliss-reactive ketones (excluding diaryl/α,β-unsaturated/α-hetero) is 1. The Morgan fingerprint density at radius 2 is 1.76 bits per heavy atom. The lowest BCUT2D eigenvalue weighted by atomic mass is 9.89. The Morgan fingerprint density at radius 1 is 1.08 bits per heavy atom. The number of carbonyl (C=O) groups is 1. The van der Waals surface area contributed by atoms with Crippen LogP contribution in [0, 0.1) is 5.82 Å². The molecule has 25 heavy (non-hydrogen) atoms. The van der Waals surface area contributed by atoms with E-state index in [1.54, 1.807) is 30.3 Å². The van der Waals surface area contributed by atoms with Crippen LogP contribution in [0.25, 0.3) is 0 Å². The van der Waals surface area contributed by atoms with Crippen LogP contribution in [0.1, 0.15) is 21.5 Å². The van der Waals surface area contributed by atoms with Crippen molar-refractivity contribution in [3.8, 4) is 0 Å². The fourth-order valence-corrected chi connectivity index (χ4v) is 3.46. The van der Waals surface area contributed by atoms with Gasteiger partial charge in [-0.1, -0.05) is 41.6 Å². The van der Waals surface area contributed by atoms with Gasteiger partial charge in [0.2, 0.25) is 5.78 Å². The van der Waals surface area contributed by atoms with Crippen molar-refractivity contribution in [1.29, 1.82) is 0 Å². The summed E-state index contributed by atoms with van der Waals surface area (Å²) >= 11 is 0. The second-order valence-corrected chi connectivity index (χ2v) is 6.18. The van der Waals surface area contributed by atoms with Gasteiger partial charge in [-0.15, -0.1) is 0 Å². The van der Waals surface area contributed by atoms with Gasteiger partial charge in [0.25, 0.3) is 0 Å². The predicted octanol–water partition coefficient (Wildman–Crippen LogP) is 2.82. The van der Waals surface area contributed by atoms with E-state index < -0.39 is 0 Å². The zero-order valence-corrected chi connectivity index (χ0v) is 13.6. The predicted molar refractivity (Wildman–Crippen MR) is 90.7 cm³/mol. The van der Waals surface area contributed by atoms with Crippen molar-refractivity contribution in [3.63, 3.8) is 0 Å². The lowest BCUT2D eigenvalue weighted by Crippen LogP contribution is -2.28. The van der Waals surface area contributed by atoms with Crippen molar-refractivity contribution >= 4 is 11.5 Å². The number of benzene rings is 2. The summed E-state index contributed by atoms with van der Waals surface area (Å²) < 4.78 is 13.1. The van der Waals surface area contributed by atoms with E-state index in [1.807, 2.05) is 22.9 Å². The van der Waals surface area contributed by atoms with Gasteiger partial charge in [-0.2, -0.15) is 0 Å². The maximum Gasteiger partial charge on any atom is 0.212 e. The number of ketones is 1. The monoisotopic (exact) mass is 337 g/mol. The Balaban J connectivity index is 1.78. The lowest BCUT2D eigenvalue weighted by molar-refractivity contribution is 0.0990. The van der Waals surface area contributed by atoms with E-state index in [2.05, 4.69) is 5.16 Å². The Bertz CT molecular complexity index is 919. The molecule has 0 saturated carbocycles. The summed E-state index contributed by atoms with van der Waals surface area (Å²) in [5, 5.41) is 13.0. The normalized spacial score (nSPS) is 18.0. The Kier molecular flexibility index (Phi) is 3.53. The van der Waals surface area contributed by atoms with E-state index in [-0.39, 0.29) is 11.6 Å². The molecule has 2 aromatic rings. The van der Waals surface area contributed by atoms with Crippen molar-refractivity contribution in [3.05, 3.63) is 82.4 Å². The molecular formula is C19H16FN3O2. The number of hydrogen-bond donors (Lipinski definition) is 1. The van der Waals surface area contributed by atoms with Gasteiger partial charge in [-0.3, -0.25) is 4.79 Å². The molecule has 0 atom stereocenters. The summed E-state index contributed by atoms with van der Waals surface area (Å²) in [4.78, 5) is 16.9. The Hall–Kier alpha value is -3.15. The first-order valence-corrected chi connectivity index (χ1v) is 7.91. The van der Waals surface area contributed by atoms with Crippen molar-refractivity contribution in [2.75, 3.05) is 13.7 Å². The number of allylic oxidation sites excluding steroid dienone is 2. The molecule has 0 spiro atoms. The standard InChI is InChI=1S/C19H16FN3O2/c1-22-11-23(10-12-6-8-13(20)9-7-12)18-17(22)16(21-25)14-4-2-3-5-15(14)19(18)24/h2-9,25H,10-11H2,1H3. The van der Waals surface area contributed by atoms with Gasteiger partial charge < -0.3 is 15.0 Å². The van der Waals surface area contributed by atoms with E-state index in [0.717, 1.165) is 5.56 Å². The van der Waals surface area contributed by atoms with Gasteiger partial charge in [0.1, 0.15) is 17.2 Å². The van der Waals surface area contributed by atoms with Crippen LogP contribution in [0.4, 0.5) is 4.39 Å². The number of hydrogen-bond acceptors (Lipinski definition) is 5. The number of rotatable bonds is 2. The molecule has 0 aromatic heterocycles. The minimum Gasteiger partial charge on any atom is -0.410 e. The minimum atomic E-state index is -0.292. The molecule has 0 saturated heterocycles. The molecule has 0 fully saturated rings. The molecule has 0 bridgehead atoms. The number of fused-ring (bicyclic) bond motifs is 1. The van der Waals surface area contributed by atoms with Gasteiger partial charge in [0.05, 0.1) is 12.4 Å². The molecular weight excluding hydrogens is 321 g/mol. The van der Waals surface area contributed by atoms with Crippen LogP contribution < -0.4 is 0 Å². The molecule has 6 heteroatoms. The van der Waals surface area contributed by atoms with Gasteiger partial charge in [-0.05, 0) is 17.7 Å². The van der Waals surface area contributed by atoms with Crippen LogP contribution in [-0.4, -0.2) is 40.2 Å². The summed E-state index contributed by atoms with van der Waals surface area (Å²) in [6.45, 7) is 0.955. The summed E-state index contributed by atoms with van der Waals surface area (Å²) in [6.07, 6.45) is 0. The average Bonchev–Trinajstić information content (AvgIpc) is 2.94. The molecule has 0 amide bonds. The van der Waals surface area contributed by atoms with Gasteiger partial charge in [0.15, 0.2) is 0 Å². The summed E-state index contributed by atoms with van der Waals surface area (Å²) in [5.41, 5.74) is 3.58. The van der Waals surface area contributed by atoms with Gasteiger partial charge in [0, 0.05) is 24.7 Å². The van der Waals surface area contributed by atoms with Crippen molar-refractivity contribution in [2.45, 2.75) is 6.54 Å². The Labute approximate surface area is 144 Å². The number of likely N-dealkylation sites (N-methyl/N-ethyl adjacent to an activating group) is 1. The first-order valence-electron chi connectivity index (χ1n) is 7.91. The SMILES string of the molecule is CN1CN(Cc2ccc(F)cc2)C2=C1C(=NO)c1ccccc1C2=O. The highest BCUT2D eigenvalue weighted by molar-refractivity contribution is 6.28.